The van der Waals surface area contributed by atoms with Crippen molar-refractivity contribution in [2.45, 2.75) is 18.9 Å². The van der Waals surface area contributed by atoms with Crippen LogP contribution in [0.15, 0.2) is 29.6 Å². The van der Waals surface area contributed by atoms with Crippen molar-refractivity contribution in [3.63, 3.8) is 0 Å². The van der Waals surface area contributed by atoms with Gasteiger partial charge in [0.25, 0.3) is 0 Å². The van der Waals surface area contributed by atoms with E-state index in [4.69, 9.17) is 0 Å². The number of hydrogen-bond donors (Lipinski definition) is 1. The van der Waals surface area contributed by atoms with Crippen molar-refractivity contribution < 1.29 is 8.42 Å². The average molecular weight is 281 g/mol. The fourth-order valence-electron chi connectivity index (χ4n) is 2.43. The van der Waals surface area contributed by atoms with Crippen molar-refractivity contribution in [1.29, 1.82) is 0 Å². The molecular weight excluding hydrogens is 266 g/mol. The van der Waals surface area contributed by atoms with E-state index < -0.39 is 9.84 Å². The molecule has 2 aromatic rings. The summed E-state index contributed by atoms with van der Waals surface area (Å²) >= 11 is 1.72. The van der Waals surface area contributed by atoms with Crippen molar-refractivity contribution in [2.75, 3.05) is 16.8 Å². The summed E-state index contributed by atoms with van der Waals surface area (Å²) in [5.41, 5.74) is 1.02. The predicted octanol–water partition coefficient (Wildman–Crippen LogP) is 2.89. The van der Waals surface area contributed by atoms with Gasteiger partial charge in [0.15, 0.2) is 9.84 Å². The van der Waals surface area contributed by atoms with Crippen molar-refractivity contribution in [1.82, 2.24) is 0 Å². The van der Waals surface area contributed by atoms with Crippen LogP contribution < -0.4 is 5.32 Å². The van der Waals surface area contributed by atoms with Gasteiger partial charge in [-0.1, -0.05) is 0 Å². The van der Waals surface area contributed by atoms with Crippen molar-refractivity contribution in [2.24, 2.45) is 0 Å². The van der Waals surface area contributed by atoms with Gasteiger partial charge < -0.3 is 5.32 Å². The molecule has 0 radical (unpaired) electrons. The normalized spacial score (nSPS) is 23.0. The van der Waals surface area contributed by atoms with Crippen LogP contribution in [-0.4, -0.2) is 26.0 Å². The van der Waals surface area contributed by atoms with E-state index in [1.54, 1.807) is 11.3 Å². The Morgan fingerprint density at radius 1 is 1.28 bits per heavy atom. The molecule has 0 aliphatic carbocycles. The molecule has 0 saturated carbocycles. The molecule has 1 fully saturated rings. The summed E-state index contributed by atoms with van der Waals surface area (Å²) in [6.45, 7) is 0. The topological polar surface area (TPSA) is 46.2 Å². The highest BCUT2D eigenvalue weighted by atomic mass is 32.2. The van der Waals surface area contributed by atoms with Crippen LogP contribution in [0.1, 0.15) is 12.8 Å². The molecule has 96 valence electrons. The van der Waals surface area contributed by atoms with Crippen molar-refractivity contribution in [3.05, 3.63) is 29.6 Å². The molecule has 2 heterocycles. The lowest BCUT2D eigenvalue weighted by molar-refractivity contribution is 0.562. The zero-order valence-electron chi connectivity index (χ0n) is 9.93. The van der Waals surface area contributed by atoms with Gasteiger partial charge in [-0.25, -0.2) is 8.42 Å². The van der Waals surface area contributed by atoms with Crippen LogP contribution in [0.5, 0.6) is 0 Å². The lowest BCUT2D eigenvalue weighted by Crippen LogP contribution is -2.34. The fourth-order valence-corrected chi connectivity index (χ4v) is 4.84. The first-order valence-electron chi connectivity index (χ1n) is 6.07. The first-order valence-corrected chi connectivity index (χ1v) is 8.77. The minimum absolute atomic E-state index is 0.0554. The van der Waals surface area contributed by atoms with E-state index in [-0.39, 0.29) is 11.8 Å². The molecule has 1 aromatic carbocycles. The number of anilines is 1. The van der Waals surface area contributed by atoms with Gasteiger partial charge in [-0.3, -0.25) is 0 Å². The molecule has 18 heavy (non-hydrogen) atoms. The Morgan fingerprint density at radius 2 is 2.17 bits per heavy atom. The molecule has 0 spiro atoms. The van der Waals surface area contributed by atoms with E-state index in [2.05, 4.69) is 28.9 Å². The second kappa shape index (κ2) is 4.55. The van der Waals surface area contributed by atoms with Gasteiger partial charge in [-0.05, 0) is 47.9 Å². The van der Waals surface area contributed by atoms with Crippen LogP contribution in [-0.2, 0) is 9.84 Å². The summed E-state index contributed by atoms with van der Waals surface area (Å²) < 4.78 is 24.4. The summed E-state index contributed by atoms with van der Waals surface area (Å²) in [7, 11) is -2.84. The molecule has 1 saturated heterocycles. The van der Waals surface area contributed by atoms with Crippen LogP contribution in [0.25, 0.3) is 10.1 Å². The summed E-state index contributed by atoms with van der Waals surface area (Å²) in [5, 5.41) is 6.62. The Labute approximate surface area is 111 Å². The fraction of sp³-hybridized carbons (Fsp3) is 0.385. The van der Waals surface area contributed by atoms with Crippen molar-refractivity contribution >= 4 is 36.9 Å². The molecule has 1 unspecified atom stereocenters. The van der Waals surface area contributed by atoms with Gasteiger partial charge in [-0.15, -0.1) is 11.3 Å². The quantitative estimate of drug-likeness (QED) is 0.920. The van der Waals surface area contributed by atoms with Crippen LogP contribution in [0.3, 0.4) is 0 Å². The first kappa shape index (κ1) is 12.0. The molecule has 3 rings (SSSR count). The van der Waals surface area contributed by atoms with Crippen LogP contribution in [0.2, 0.25) is 0 Å². The van der Waals surface area contributed by atoms with Crippen LogP contribution in [0, 0.1) is 0 Å². The second-order valence-corrected chi connectivity index (χ2v) is 7.95. The standard InChI is InChI=1S/C13H15NO2S2/c15-18(16)7-1-2-12(9-18)14-11-3-4-13-10(8-11)5-6-17-13/h3-6,8,12,14H,1-2,7,9H2. The number of hydrogen-bond acceptors (Lipinski definition) is 4. The van der Waals surface area contributed by atoms with E-state index in [1.165, 1.54) is 10.1 Å². The predicted molar refractivity (Wildman–Crippen MR) is 77.1 cm³/mol. The number of sulfone groups is 1. The Bertz CT molecular complexity index is 660. The van der Waals surface area contributed by atoms with E-state index in [0.717, 1.165) is 18.5 Å². The summed E-state index contributed by atoms with van der Waals surface area (Å²) in [6, 6.07) is 8.34. The minimum atomic E-state index is -2.84. The summed E-state index contributed by atoms with van der Waals surface area (Å²) in [4.78, 5) is 0. The van der Waals surface area contributed by atoms with Gasteiger partial charge in [0.05, 0.1) is 11.5 Å². The highest BCUT2D eigenvalue weighted by Crippen LogP contribution is 2.25. The third-order valence-electron chi connectivity index (χ3n) is 3.29. The number of rotatable bonds is 2. The van der Waals surface area contributed by atoms with Gasteiger partial charge in [-0.2, -0.15) is 0 Å². The van der Waals surface area contributed by atoms with Crippen LogP contribution in [0.4, 0.5) is 5.69 Å². The number of fused-ring (bicyclic) bond motifs is 1. The summed E-state index contributed by atoms with van der Waals surface area (Å²) in [5.74, 6) is 0.601. The largest absolute Gasteiger partial charge is 0.381 e. The zero-order valence-corrected chi connectivity index (χ0v) is 11.6. The third-order valence-corrected chi connectivity index (χ3v) is 6.01. The SMILES string of the molecule is O=S1(=O)CCCC(Nc2ccc3sccc3c2)C1. The minimum Gasteiger partial charge on any atom is -0.381 e. The Kier molecular flexibility index (Phi) is 3.03. The highest BCUT2D eigenvalue weighted by molar-refractivity contribution is 7.91. The van der Waals surface area contributed by atoms with Gasteiger partial charge in [0.1, 0.15) is 0 Å². The van der Waals surface area contributed by atoms with Gasteiger partial charge in [0.2, 0.25) is 0 Å². The lowest BCUT2D eigenvalue weighted by Gasteiger charge is -2.24. The summed E-state index contributed by atoms with van der Waals surface area (Å²) in [6.07, 6.45) is 1.70. The van der Waals surface area contributed by atoms with E-state index in [0.29, 0.717) is 5.75 Å². The number of thiophene rings is 1. The third kappa shape index (κ3) is 2.52. The second-order valence-electron chi connectivity index (χ2n) is 4.77. The number of benzene rings is 1. The maximum atomic E-state index is 11.6. The highest BCUT2D eigenvalue weighted by Gasteiger charge is 2.24. The Balaban J connectivity index is 1.79. The van der Waals surface area contributed by atoms with E-state index in [1.807, 2.05) is 6.07 Å². The molecule has 1 atom stereocenters. The van der Waals surface area contributed by atoms with E-state index >= 15 is 0 Å². The molecule has 1 N–H and O–H groups in total. The van der Waals surface area contributed by atoms with Gasteiger partial charge in [0, 0.05) is 16.4 Å². The molecule has 1 aliphatic rings. The Morgan fingerprint density at radius 3 is 3.00 bits per heavy atom. The molecular formula is C13H15NO2S2. The first-order chi connectivity index (χ1) is 8.62. The van der Waals surface area contributed by atoms with Crippen LogP contribution >= 0.6 is 11.3 Å². The maximum absolute atomic E-state index is 11.6. The molecule has 5 heteroatoms. The zero-order chi connectivity index (χ0) is 12.6. The van der Waals surface area contributed by atoms with E-state index in [9.17, 15) is 8.42 Å². The van der Waals surface area contributed by atoms with Gasteiger partial charge >= 0.3 is 0 Å². The molecule has 1 aliphatic heterocycles. The molecule has 1 aromatic heterocycles. The Hall–Kier alpha value is -1.07. The smallest absolute Gasteiger partial charge is 0.152 e. The lowest BCUT2D eigenvalue weighted by atomic mass is 10.1. The molecule has 0 amide bonds. The number of nitrogens with one attached hydrogen (secondary N) is 1. The maximum Gasteiger partial charge on any atom is 0.152 e. The van der Waals surface area contributed by atoms with Crippen molar-refractivity contribution in [3.8, 4) is 0 Å². The monoisotopic (exact) mass is 281 g/mol. The average Bonchev–Trinajstić information content (AvgIpc) is 2.74. The molecule has 3 nitrogen and oxygen atoms in total. The molecule has 0 bridgehead atoms.